The Balaban J connectivity index is 1.64. The summed E-state index contributed by atoms with van der Waals surface area (Å²) in [5, 5.41) is 20.0. The van der Waals surface area contributed by atoms with Crippen LogP contribution >= 0.6 is 0 Å². The second-order valence-electron chi connectivity index (χ2n) is 6.98. The van der Waals surface area contributed by atoms with Gasteiger partial charge in [0.05, 0.1) is 5.69 Å². The van der Waals surface area contributed by atoms with Gasteiger partial charge in [0.2, 0.25) is 5.91 Å². The minimum absolute atomic E-state index is 0.0245. The molecular weight excluding hydrogens is 354 g/mol. The minimum Gasteiger partial charge on any atom is -0.310 e. The lowest BCUT2D eigenvalue weighted by Gasteiger charge is -2.24. The van der Waals surface area contributed by atoms with Gasteiger partial charge >= 0.3 is 0 Å². The Bertz CT molecular complexity index is 1190. The Morgan fingerprint density at radius 2 is 1.96 bits per heavy atom. The first kappa shape index (κ1) is 16.6. The maximum Gasteiger partial charge on any atom is 0.226 e. The number of nitrogens with zero attached hydrogens (tertiary/aromatic N) is 6. The Labute approximate surface area is 161 Å². The van der Waals surface area contributed by atoms with Crippen LogP contribution in [0.2, 0.25) is 0 Å². The monoisotopic (exact) mass is 373 g/mol. The van der Waals surface area contributed by atoms with Gasteiger partial charge in [-0.15, -0.1) is 15.3 Å². The number of fused-ring (bicyclic) bond motifs is 2. The molecule has 8 heteroatoms. The smallest absolute Gasteiger partial charge is 0.226 e. The number of amides is 1. The number of nitrogens with one attached hydrogen (secondary N) is 1. The molecule has 1 unspecified atom stereocenters. The summed E-state index contributed by atoms with van der Waals surface area (Å²) < 4.78 is 3.28. The van der Waals surface area contributed by atoms with Crippen molar-refractivity contribution in [3.63, 3.8) is 0 Å². The van der Waals surface area contributed by atoms with Gasteiger partial charge in [-0.2, -0.15) is 14.3 Å². The van der Waals surface area contributed by atoms with Crippen LogP contribution in [0.1, 0.15) is 41.6 Å². The van der Waals surface area contributed by atoms with Crippen molar-refractivity contribution >= 4 is 17.4 Å². The quantitative estimate of drug-likeness (QED) is 0.596. The van der Waals surface area contributed by atoms with Gasteiger partial charge in [-0.25, -0.2) is 0 Å². The van der Waals surface area contributed by atoms with Gasteiger partial charge < -0.3 is 5.32 Å². The van der Waals surface area contributed by atoms with Crippen LogP contribution in [0.3, 0.4) is 0 Å². The summed E-state index contributed by atoms with van der Waals surface area (Å²) in [7, 11) is 0. The van der Waals surface area contributed by atoms with Crippen molar-refractivity contribution < 1.29 is 4.79 Å². The normalized spacial score (nSPS) is 16.2. The SMILES string of the molecule is CCc1ccc(C2CC(=O)Nc3c2c(C)nn3-c2ccc3nncn3n2)cc1. The zero-order valence-corrected chi connectivity index (χ0v) is 15.6. The molecule has 0 spiro atoms. The molecule has 0 saturated heterocycles. The summed E-state index contributed by atoms with van der Waals surface area (Å²) in [6.45, 7) is 4.10. The van der Waals surface area contributed by atoms with E-state index >= 15 is 0 Å². The summed E-state index contributed by atoms with van der Waals surface area (Å²) in [4.78, 5) is 12.5. The zero-order chi connectivity index (χ0) is 19.3. The molecule has 28 heavy (non-hydrogen) atoms. The van der Waals surface area contributed by atoms with E-state index in [0.29, 0.717) is 23.7 Å². The molecule has 0 fully saturated rings. The van der Waals surface area contributed by atoms with Crippen molar-refractivity contribution in [3.05, 3.63) is 65.1 Å². The van der Waals surface area contributed by atoms with Crippen LogP contribution in [0, 0.1) is 6.92 Å². The van der Waals surface area contributed by atoms with Crippen molar-refractivity contribution in [2.45, 2.75) is 32.6 Å². The van der Waals surface area contributed by atoms with E-state index in [1.807, 2.05) is 19.1 Å². The molecule has 8 nitrogen and oxygen atoms in total. The number of carbonyl (C=O) groups is 1. The summed E-state index contributed by atoms with van der Waals surface area (Å²) in [5.41, 5.74) is 4.97. The molecule has 1 amide bonds. The van der Waals surface area contributed by atoms with E-state index in [1.165, 1.54) is 11.9 Å². The Hall–Kier alpha value is -3.55. The fourth-order valence-electron chi connectivity index (χ4n) is 3.81. The van der Waals surface area contributed by atoms with Crippen molar-refractivity contribution in [2.75, 3.05) is 5.32 Å². The average Bonchev–Trinajstić information content (AvgIpc) is 3.31. The van der Waals surface area contributed by atoms with Crippen molar-refractivity contribution in [2.24, 2.45) is 0 Å². The predicted molar refractivity (Wildman–Crippen MR) is 104 cm³/mol. The summed E-state index contributed by atoms with van der Waals surface area (Å²) in [5.74, 6) is 1.22. The zero-order valence-electron chi connectivity index (χ0n) is 15.6. The first-order chi connectivity index (χ1) is 13.6. The summed E-state index contributed by atoms with van der Waals surface area (Å²) in [6, 6.07) is 12.1. The number of carbonyl (C=O) groups excluding carboxylic acids is 1. The first-order valence-electron chi connectivity index (χ1n) is 9.29. The number of rotatable bonds is 3. The molecule has 5 rings (SSSR count). The third-order valence-electron chi connectivity index (χ3n) is 5.26. The van der Waals surface area contributed by atoms with Gasteiger partial charge in [-0.1, -0.05) is 31.2 Å². The molecule has 0 bridgehead atoms. The van der Waals surface area contributed by atoms with E-state index in [9.17, 15) is 4.79 Å². The van der Waals surface area contributed by atoms with Gasteiger partial charge in [0, 0.05) is 17.9 Å². The molecule has 3 aromatic heterocycles. The molecule has 4 heterocycles. The summed E-state index contributed by atoms with van der Waals surface area (Å²) >= 11 is 0. The van der Waals surface area contributed by atoms with Crippen LogP contribution in [-0.2, 0) is 11.2 Å². The van der Waals surface area contributed by atoms with Gasteiger partial charge in [-0.05, 0) is 36.6 Å². The van der Waals surface area contributed by atoms with Crippen molar-refractivity contribution in [1.29, 1.82) is 0 Å². The molecule has 1 aliphatic heterocycles. The van der Waals surface area contributed by atoms with E-state index in [2.05, 4.69) is 56.9 Å². The molecule has 0 saturated carbocycles. The number of anilines is 1. The molecule has 1 N–H and O–H groups in total. The fourth-order valence-corrected chi connectivity index (χ4v) is 3.81. The van der Waals surface area contributed by atoms with E-state index in [-0.39, 0.29) is 11.8 Å². The van der Waals surface area contributed by atoms with Crippen LogP contribution in [0.5, 0.6) is 0 Å². The highest BCUT2D eigenvalue weighted by Gasteiger charge is 2.32. The number of hydrogen-bond acceptors (Lipinski definition) is 5. The van der Waals surface area contributed by atoms with Gasteiger partial charge in [0.25, 0.3) is 0 Å². The van der Waals surface area contributed by atoms with Crippen LogP contribution < -0.4 is 5.32 Å². The standard InChI is InChI=1S/C20H19N7O/c1-3-13-4-6-14(7-5-13)15-10-18(28)22-20-19(15)12(2)24-27(20)17-9-8-16-23-21-11-26(16)25-17/h4-9,11,15H,3,10H2,1-2H3,(H,22,28). The van der Waals surface area contributed by atoms with Crippen LogP contribution in [0.15, 0.2) is 42.7 Å². The predicted octanol–water partition coefficient (Wildman–Crippen LogP) is 2.65. The molecular formula is C20H19N7O. The van der Waals surface area contributed by atoms with Gasteiger partial charge in [0.1, 0.15) is 12.1 Å². The van der Waals surface area contributed by atoms with Crippen molar-refractivity contribution in [3.8, 4) is 5.82 Å². The second kappa shape index (κ2) is 6.26. The third kappa shape index (κ3) is 2.57. The lowest BCUT2D eigenvalue weighted by atomic mass is 9.85. The molecule has 1 atom stereocenters. The first-order valence-corrected chi connectivity index (χ1v) is 9.29. The summed E-state index contributed by atoms with van der Waals surface area (Å²) in [6.07, 6.45) is 2.94. The number of aryl methyl sites for hydroxylation is 2. The lowest BCUT2D eigenvalue weighted by Crippen LogP contribution is -2.25. The minimum atomic E-state index is -0.0259. The van der Waals surface area contributed by atoms with E-state index < -0.39 is 0 Å². The maximum absolute atomic E-state index is 12.5. The Morgan fingerprint density at radius 1 is 1.14 bits per heavy atom. The van der Waals surface area contributed by atoms with Gasteiger partial charge in [0.15, 0.2) is 11.5 Å². The van der Waals surface area contributed by atoms with E-state index in [1.54, 1.807) is 9.20 Å². The number of benzene rings is 1. The maximum atomic E-state index is 12.5. The molecule has 1 aromatic carbocycles. The van der Waals surface area contributed by atoms with Crippen LogP contribution in [0.25, 0.3) is 11.5 Å². The average molecular weight is 373 g/mol. The van der Waals surface area contributed by atoms with Crippen LogP contribution in [0.4, 0.5) is 5.82 Å². The lowest BCUT2D eigenvalue weighted by molar-refractivity contribution is -0.116. The highest BCUT2D eigenvalue weighted by molar-refractivity contribution is 5.95. The molecule has 4 aromatic rings. The largest absolute Gasteiger partial charge is 0.310 e. The highest BCUT2D eigenvalue weighted by Crippen LogP contribution is 2.40. The number of aromatic nitrogens is 6. The third-order valence-corrected chi connectivity index (χ3v) is 5.26. The van der Waals surface area contributed by atoms with Crippen LogP contribution in [-0.4, -0.2) is 35.5 Å². The van der Waals surface area contributed by atoms with E-state index in [4.69, 9.17) is 0 Å². The highest BCUT2D eigenvalue weighted by atomic mass is 16.1. The Morgan fingerprint density at radius 3 is 2.75 bits per heavy atom. The van der Waals surface area contributed by atoms with Gasteiger partial charge in [-0.3, -0.25) is 4.79 Å². The number of hydrogen-bond donors (Lipinski definition) is 1. The van der Waals surface area contributed by atoms with E-state index in [0.717, 1.165) is 23.2 Å². The molecule has 0 aliphatic carbocycles. The molecule has 1 aliphatic rings. The molecule has 0 radical (unpaired) electrons. The Kier molecular flexibility index (Phi) is 3.71. The molecule has 140 valence electrons. The second-order valence-corrected chi connectivity index (χ2v) is 6.98. The fraction of sp³-hybridized carbons (Fsp3) is 0.250. The van der Waals surface area contributed by atoms with Crippen molar-refractivity contribution in [1.82, 2.24) is 29.6 Å². The topological polar surface area (TPSA) is 90.0 Å².